The molecule has 0 aromatic heterocycles. The second-order valence-corrected chi connectivity index (χ2v) is 9.62. The zero-order valence-corrected chi connectivity index (χ0v) is 22.4. The Balaban J connectivity index is 1.75. The maximum Gasteiger partial charge on any atom is 0.335 e. The molecule has 0 spiro atoms. The van der Waals surface area contributed by atoms with Gasteiger partial charge in [-0.25, -0.2) is 9.69 Å². The third kappa shape index (κ3) is 5.08. The van der Waals surface area contributed by atoms with Crippen LogP contribution in [-0.4, -0.2) is 24.5 Å². The van der Waals surface area contributed by atoms with Crippen molar-refractivity contribution in [3.8, 4) is 5.75 Å². The standard InChI is InChI=1S/C28H24BrClN2O4/c1-4-36-25-14-18(13-22(29)20(25)15-19-9-5-6-10-23(19)30)12-21-26(33)31-28(35)32(27(21)34)24-11-7-8-16(2)17(24)3/h5-14H,4,15H2,1-3H3,(H,31,33,35)/b21-12+. The first-order chi connectivity index (χ1) is 17.2. The van der Waals surface area contributed by atoms with Crippen LogP contribution in [0.1, 0.15) is 34.7 Å². The highest BCUT2D eigenvalue weighted by molar-refractivity contribution is 9.10. The lowest BCUT2D eigenvalue weighted by Crippen LogP contribution is -2.54. The van der Waals surface area contributed by atoms with Gasteiger partial charge in [0.25, 0.3) is 11.8 Å². The summed E-state index contributed by atoms with van der Waals surface area (Å²) in [5, 5.41) is 2.93. The van der Waals surface area contributed by atoms with Crippen molar-refractivity contribution in [2.24, 2.45) is 0 Å². The van der Waals surface area contributed by atoms with Gasteiger partial charge in [-0.3, -0.25) is 14.9 Å². The average molecular weight is 568 g/mol. The van der Waals surface area contributed by atoms with E-state index < -0.39 is 17.8 Å². The van der Waals surface area contributed by atoms with Crippen LogP contribution in [0, 0.1) is 13.8 Å². The average Bonchev–Trinajstić information content (AvgIpc) is 2.83. The van der Waals surface area contributed by atoms with Gasteiger partial charge in [0.2, 0.25) is 0 Å². The van der Waals surface area contributed by atoms with Crippen LogP contribution in [0.5, 0.6) is 5.75 Å². The molecule has 4 rings (SSSR count). The number of nitrogens with zero attached hydrogens (tertiary/aromatic N) is 1. The number of ether oxygens (including phenoxy) is 1. The molecule has 0 bridgehead atoms. The van der Waals surface area contributed by atoms with E-state index >= 15 is 0 Å². The van der Waals surface area contributed by atoms with Crippen LogP contribution in [0.25, 0.3) is 6.08 Å². The number of halogens is 2. The summed E-state index contributed by atoms with van der Waals surface area (Å²) in [5.74, 6) is -0.836. The Labute approximate surface area is 223 Å². The molecule has 0 saturated carbocycles. The van der Waals surface area contributed by atoms with E-state index in [0.29, 0.717) is 35.1 Å². The number of benzene rings is 3. The SMILES string of the molecule is CCOc1cc(/C=C2\C(=O)NC(=O)N(c3cccc(C)c3C)C2=O)cc(Br)c1Cc1ccccc1Cl. The van der Waals surface area contributed by atoms with Gasteiger partial charge in [0, 0.05) is 21.5 Å². The van der Waals surface area contributed by atoms with Crippen LogP contribution in [0.15, 0.2) is 64.6 Å². The van der Waals surface area contributed by atoms with Crippen molar-refractivity contribution in [1.82, 2.24) is 5.32 Å². The number of aryl methyl sites for hydroxylation is 1. The Morgan fingerprint density at radius 2 is 1.81 bits per heavy atom. The molecule has 1 fully saturated rings. The number of amides is 4. The summed E-state index contributed by atoms with van der Waals surface area (Å²) >= 11 is 9.98. The van der Waals surface area contributed by atoms with E-state index in [-0.39, 0.29) is 5.57 Å². The lowest BCUT2D eigenvalue weighted by molar-refractivity contribution is -0.122. The first-order valence-corrected chi connectivity index (χ1v) is 12.5. The molecule has 1 N–H and O–H groups in total. The lowest BCUT2D eigenvalue weighted by Gasteiger charge is -2.28. The molecular formula is C28H24BrClN2O4. The quantitative estimate of drug-likeness (QED) is 0.277. The summed E-state index contributed by atoms with van der Waals surface area (Å²) in [5.41, 5.74) is 4.39. The summed E-state index contributed by atoms with van der Waals surface area (Å²) in [6, 6.07) is 15.7. The van der Waals surface area contributed by atoms with Gasteiger partial charge in [-0.05, 0) is 73.4 Å². The number of carbonyl (C=O) groups is 3. The fourth-order valence-electron chi connectivity index (χ4n) is 4.02. The van der Waals surface area contributed by atoms with E-state index in [1.165, 1.54) is 6.08 Å². The van der Waals surface area contributed by atoms with Gasteiger partial charge in [-0.1, -0.05) is 57.9 Å². The number of urea groups is 1. The molecule has 0 radical (unpaired) electrons. The summed E-state index contributed by atoms with van der Waals surface area (Å²) in [7, 11) is 0. The summed E-state index contributed by atoms with van der Waals surface area (Å²) in [6.45, 7) is 6.03. The number of barbiturate groups is 1. The zero-order valence-electron chi connectivity index (χ0n) is 20.0. The van der Waals surface area contributed by atoms with Crippen LogP contribution in [0.4, 0.5) is 10.5 Å². The molecule has 8 heteroatoms. The lowest BCUT2D eigenvalue weighted by atomic mass is 10.00. The minimum absolute atomic E-state index is 0.149. The molecule has 1 aliphatic rings. The van der Waals surface area contributed by atoms with Crippen LogP contribution in [0.2, 0.25) is 5.02 Å². The van der Waals surface area contributed by atoms with E-state index in [0.717, 1.165) is 31.6 Å². The second kappa shape index (κ2) is 10.7. The van der Waals surface area contributed by atoms with Crippen molar-refractivity contribution in [1.29, 1.82) is 0 Å². The van der Waals surface area contributed by atoms with Crippen LogP contribution in [-0.2, 0) is 16.0 Å². The van der Waals surface area contributed by atoms with Crippen LogP contribution >= 0.6 is 27.5 Å². The summed E-state index contributed by atoms with van der Waals surface area (Å²) < 4.78 is 6.64. The minimum Gasteiger partial charge on any atom is -0.494 e. The predicted octanol–water partition coefficient (Wildman–Crippen LogP) is 6.38. The number of anilines is 1. The number of rotatable bonds is 6. The molecule has 0 unspecified atom stereocenters. The van der Waals surface area contributed by atoms with Gasteiger partial charge in [0.15, 0.2) is 0 Å². The van der Waals surface area contributed by atoms with Gasteiger partial charge in [-0.2, -0.15) is 0 Å². The molecule has 1 heterocycles. The molecule has 3 aromatic rings. The van der Waals surface area contributed by atoms with E-state index in [9.17, 15) is 14.4 Å². The van der Waals surface area contributed by atoms with Crippen LogP contribution < -0.4 is 15.0 Å². The Kier molecular flexibility index (Phi) is 7.62. The monoisotopic (exact) mass is 566 g/mol. The van der Waals surface area contributed by atoms with Gasteiger partial charge in [0.05, 0.1) is 12.3 Å². The Hall–Kier alpha value is -3.42. The first kappa shape index (κ1) is 25.7. The molecule has 1 saturated heterocycles. The van der Waals surface area contributed by atoms with Crippen molar-refractivity contribution >= 4 is 57.1 Å². The molecular weight excluding hydrogens is 544 g/mol. The summed E-state index contributed by atoms with van der Waals surface area (Å²) in [6.07, 6.45) is 2.00. The van der Waals surface area contributed by atoms with Gasteiger partial charge in [0.1, 0.15) is 11.3 Å². The van der Waals surface area contributed by atoms with Crippen LogP contribution in [0.3, 0.4) is 0 Å². The fourth-order valence-corrected chi connectivity index (χ4v) is 4.83. The van der Waals surface area contributed by atoms with Gasteiger partial charge < -0.3 is 4.74 Å². The number of imide groups is 2. The summed E-state index contributed by atoms with van der Waals surface area (Å²) in [4.78, 5) is 39.7. The van der Waals surface area contributed by atoms with Crippen molar-refractivity contribution in [2.45, 2.75) is 27.2 Å². The van der Waals surface area contributed by atoms with Crippen molar-refractivity contribution in [3.05, 3.63) is 97.5 Å². The van der Waals surface area contributed by atoms with E-state index in [1.54, 1.807) is 24.3 Å². The molecule has 3 aromatic carbocycles. The Morgan fingerprint density at radius 3 is 2.53 bits per heavy atom. The third-order valence-electron chi connectivity index (χ3n) is 6.03. The number of hydrogen-bond acceptors (Lipinski definition) is 4. The highest BCUT2D eigenvalue weighted by Gasteiger charge is 2.37. The second-order valence-electron chi connectivity index (χ2n) is 8.36. The molecule has 184 valence electrons. The van der Waals surface area contributed by atoms with E-state index in [1.807, 2.05) is 51.1 Å². The van der Waals surface area contributed by atoms with Crippen molar-refractivity contribution < 1.29 is 19.1 Å². The molecule has 4 amide bonds. The van der Waals surface area contributed by atoms with Gasteiger partial charge in [-0.15, -0.1) is 0 Å². The van der Waals surface area contributed by atoms with E-state index in [4.69, 9.17) is 16.3 Å². The molecule has 36 heavy (non-hydrogen) atoms. The predicted molar refractivity (Wildman–Crippen MR) is 144 cm³/mol. The number of carbonyl (C=O) groups excluding carboxylic acids is 3. The number of hydrogen-bond donors (Lipinski definition) is 1. The smallest absolute Gasteiger partial charge is 0.335 e. The van der Waals surface area contributed by atoms with Gasteiger partial charge >= 0.3 is 6.03 Å². The fraction of sp³-hybridized carbons (Fsp3) is 0.179. The highest BCUT2D eigenvalue weighted by Crippen LogP contribution is 2.34. The minimum atomic E-state index is -0.776. The maximum atomic E-state index is 13.4. The zero-order chi connectivity index (χ0) is 26.0. The topological polar surface area (TPSA) is 75.7 Å². The molecule has 0 aliphatic carbocycles. The molecule has 6 nitrogen and oxygen atoms in total. The first-order valence-electron chi connectivity index (χ1n) is 11.4. The van der Waals surface area contributed by atoms with E-state index in [2.05, 4.69) is 21.2 Å². The maximum absolute atomic E-state index is 13.4. The molecule has 0 atom stereocenters. The number of nitrogens with one attached hydrogen (secondary N) is 1. The van der Waals surface area contributed by atoms with Crippen molar-refractivity contribution in [3.63, 3.8) is 0 Å². The largest absolute Gasteiger partial charge is 0.494 e. The third-order valence-corrected chi connectivity index (χ3v) is 7.11. The Morgan fingerprint density at radius 1 is 1.06 bits per heavy atom. The normalized spacial score (nSPS) is 14.9. The Bertz CT molecular complexity index is 1420. The highest BCUT2D eigenvalue weighted by atomic mass is 79.9. The molecule has 1 aliphatic heterocycles. The van der Waals surface area contributed by atoms with Crippen molar-refractivity contribution in [2.75, 3.05) is 11.5 Å².